The third-order valence-corrected chi connectivity index (χ3v) is 3.85. The summed E-state index contributed by atoms with van der Waals surface area (Å²) in [5.74, 6) is -0.423. The fourth-order valence-corrected chi connectivity index (χ4v) is 2.97. The number of hydrogen-bond donors (Lipinski definition) is 0. The lowest BCUT2D eigenvalue weighted by Crippen LogP contribution is -2.25. The van der Waals surface area contributed by atoms with Crippen molar-refractivity contribution < 1.29 is 18.7 Å². The van der Waals surface area contributed by atoms with Crippen LogP contribution in [0.5, 0.6) is 5.75 Å². The molecular weight excluding hydrogens is 269 g/mol. The van der Waals surface area contributed by atoms with Crippen molar-refractivity contribution in [2.24, 2.45) is 0 Å². The van der Waals surface area contributed by atoms with E-state index in [0.29, 0.717) is 18.7 Å². The molecular formula is C13H14FNO3S. The van der Waals surface area contributed by atoms with Gasteiger partial charge in [-0.2, -0.15) is 0 Å². The van der Waals surface area contributed by atoms with Gasteiger partial charge in [-0.15, -0.1) is 0 Å². The van der Waals surface area contributed by atoms with E-state index in [1.54, 1.807) is 4.90 Å². The highest BCUT2D eigenvalue weighted by Gasteiger charge is 2.32. The average Bonchev–Trinajstić information content (AvgIpc) is 2.70. The summed E-state index contributed by atoms with van der Waals surface area (Å²) in [6, 6.07) is 4.30. The number of carbonyl (C=O) groups excluding carboxylic acids is 2. The van der Waals surface area contributed by atoms with Crippen molar-refractivity contribution in [3.63, 3.8) is 0 Å². The highest BCUT2D eigenvalue weighted by Crippen LogP contribution is 2.31. The van der Waals surface area contributed by atoms with Crippen LogP contribution in [0.1, 0.15) is 13.3 Å². The standard InChI is InChI=1S/C13H14FNO3S/c1-8(16)19-10-6-13(17)15(7-10)9-3-4-11(14)12(5-9)18-2/h3-5,10H,6-7H2,1-2H3. The van der Waals surface area contributed by atoms with Crippen molar-refractivity contribution in [2.75, 3.05) is 18.6 Å². The molecule has 19 heavy (non-hydrogen) atoms. The molecule has 1 unspecified atom stereocenters. The zero-order valence-electron chi connectivity index (χ0n) is 10.7. The molecule has 1 atom stereocenters. The summed E-state index contributed by atoms with van der Waals surface area (Å²) < 4.78 is 18.2. The van der Waals surface area contributed by atoms with Crippen LogP contribution in [0, 0.1) is 5.82 Å². The fraction of sp³-hybridized carbons (Fsp3) is 0.385. The van der Waals surface area contributed by atoms with Crippen molar-refractivity contribution in [1.29, 1.82) is 0 Å². The number of halogens is 1. The van der Waals surface area contributed by atoms with E-state index in [1.165, 1.54) is 44.0 Å². The van der Waals surface area contributed by atoms with Crippen LogP contribution in [0.2, 0.25) is 0 Å². The lowest BCUT2D eigenvalue weighted by molar-refractivity contribution is -0.117. The Balaban J connectivity index is 2.18. The van der Waals surface area contributed by atoms with Crippen LogP contribution in [-0.4, -0.2) is 29.9 Å². The summed E-state index contributed by atoms with van der Waals surface area (Å²) in [6.45, 7) is 1.94. The lowest BCUT2D eigenvalue weighted by Gasteiger charge is -2.17. The SMILES string of the molecule is COc1cc(N2CC(SC(C)=O)CC2=O)ccc1F. The third-order valence-electron chi connectivity index (χ3n) is 2.87. The Labute approximate surface area is 114 Å². The monoisotopic (exact) mass is 283 g/mol. The summed E-state index contributed by atoms with van der Waals surface area (Å²) in [5, 5.41) is -0.0441. The van der Waals surface area contributed by atoms with Crippen LogP contribution >= 0.6 is 11.8 Å². The molecule has 0 bridgehead atoms. The van der Waals surface area contributed by atoms with Gasteiger partial charge >= 0.3 is 0 Å². The van der Waals surface area contributed by atoms with E-state index >= 15 is 0 Å². The van der Waals surface area contributed by atoms with Crippen molar-refractivity contribution in [3.8, 4) is 5.75 Å². The van der Waals surface area contributed by atoms with E-state index in [2.05, 4.69) is 0 Å². The van der Waals surface area contributed by atoms with Gasteiger partial charge in [-0.05, 0) is 12.1 Å². The fourth-order valence-electron chi connectivity index (χ4n) is 2.05. The second kappa shape index (κ2) is 5.61. The molecule has 0 radical (unpaired) electrons. The van der Waals surface area contributed by atoms with Gasteiger partial charge in [0.1, 0.15) is 0 Å². The van der Waals surface area contributed by atoms with Gasteiger partial charge in [-0.25, -0.2) is 4.39 Å². The molecule has 1 heterocycles. The minimum atomic E-state index is -0.465. The molecule has 4 nitrogen and oxygen atoms in total. The molecule has 6 heteroatoms. The van der Waals surface area contributed by atoms with Gasteiger partial charge in [-0.3, -0.25) is 9.59 Å². The number of rotatable bonds is 3. The topological polar surface area (TPSA) is 46.6 Å². The predicted octanol–water partition coefficient (Wildman–Crippen LogP) is 2.22. The number of anilines is 1. The van der Waals surface area contributed by atoms with Crippen LogP contribution < -0.4 is 9.64 Å². The van der Waals surface area contributed by atoms with Crippen LogP contribution in [0.15, 0.2) is 18.2 Å². The molecule has 1 aliphatic rings. The van der Waals surface area contributed by atoms with Crippen LogP contribution in [0.25, 0.3) is 0 Å². The summed E-state index contributed by atoms with van der Waals surface area (Å²) >= 11 is 1.17. The minimum Gasteiger partial charge on any atom is -0.494 e. The van der Waals surface area contributed by atoms with Gasteiger partial charge in [0.05, 0.1) is 7.11 Å². The molecule has 0 N–H and O–H groups in total. The second-order valence-corrected chi connectivity index (χ2v) is 5.74. The van der Waals surface area contributed by atoms with Gasteiger partial charge in [0.15, 0.2) is 16.7 Å². The first-order valence-electron chi connectivity index (χ1n) is 5.82. The van der Waals surface area contributed by atoms with E-state index in [0.717, 1.165) is 0 Å². The first-order valence-corrected chi connectivity index (χ1v) is 6.70. The highest BCUT2D eigenvalue weighted by molar-refractivity contribution is 8.14. The molecule has 1 fully saturated rings. The number of hydrogen-bond acceptors (Lipinski definition) is 4. The molecule has 1 saturated heterocycles. The van der Waals surface area contributed by atoms with Gasteiger partial charge < -0.3 is 9.64 Å². The first kappa shape index (κ1) is 13.9. The maximum absolute atomic E-state index is 13.3. The Hall–Kier alpha value is -1.56. The maximum atomic E-state index is 13.3. The van der Waals surface area contributed by atoms with Crippen LogP contribution in [0.4, 0.5) is 10.1 Å². The molecule has 1 aromatic rings. The average molecular weight is 283 g/mol. The number of carbonyl (C=O) groups is 2. The summed E-state index contributed by atoms with van der Waals surface area (Å²) in [4.78, 5) is 24.5. The van der Waals surface area contributed by atoms with E-state index in [-0.39, 0.29) is 22.0 Å². The number of benzene rings is 1. The number of nitrogens with zero attached hydrogens (tertiary/aromatic N) is 1. The zero-order valence-corrected chi connectivity index (χ0v) is 11.5. The minimum absolute atomic E-state index is 0.00339. The Morgan fingerprint density at radius 1 is 1.53 bits per heavy atom. The van der Waals surface area contributed by atoms with Crippen molar-refractivity contribution in [3.05, 3.63) is 24.0 Å². The van der Waals surface area contributed by atoms with Gasteiger partial charge in [0, 0.05) is 36.9 Å². The third kappa shape index (κ3) is 3.07. The molecule has 0 aliphatic carbocycles. The van der Waals surface area contributed by atoms with Gasteiger partial charge in [0.25, 0.3) is 0 Å². The van der Waals surface area contributed by atoms with E-state index in [1.807, 2.05) is 0 Å². The number of amides is 1. The largest absolute Gasteiger partial charge is 0.494 e. The highest BCUT2D eigenvalue weighted by atomic mass is 32.2. The zero-order chi connectivity index (χ0) is 14.0. The smallest absolute Gasteiger partial charge is 0.228 e. The second-order valence-electron chi connectivity index (χ2n) is 4.26. The Bertz CT molecular complexity index is 521. The molecule has 1 aliphatic heterocycles. The molecule has 0 aromatic heterocycles. The molecule has 0 saturated carbocycles. The Morgan fingerprint density at radius 2 is 2.26 bits per heavy atom. The molecule has 1 aromatic carbocycles. The molecule has 102 valence electrons. The number of thioether (sulfide) groups is 1. The Morgan fingerprint density at radius 3 is 2.89 bits per heavy atom. The van der Waals surface area contributed by atoms with Crippen LogP contribution in [-0.2, 0) is 9.59 Å². The molecule has 2 rings (SSSR count). The van der Waals surface area contributed by atoms with E-state index in [4.69, 9.17) is 4.74 Å². The Kier molecular flexibility index (Phi) is 4.09. The summed E-state index contributed by atoms with van der Waals surface area (Å²) in [6.07, 6.45) is 0.323. The normalized spacial score (nSPS) is 18.8. The van der Waals surface area contributed by atoms with E-state index in [9.17, 15) is 14.0 Å². The number of ether oxygens (including phenoxy) is 1. The summed E-state index contributed by atoms with van der Waals surface area (Å²) in [7, 11) is 1.38. The van der Waals surface area contributed by atoms with Crippen molar-refractivity contribution in [1.82, 2.24) is 0 Å². The first-order chi connectivity index (χ1) is 9.01. The quantitative estimate of drug-likeness (QED) is 0.853. The van der Waals surface area contributed by atoms with Crippen molar-refractivity contribution in [2.45, 2.75) is 18.6 Å². The lowest BCUT2D eigenvalue weighted by atomic mass is 10.2. The predicted molar refractivity (Wildman–Crippen MR) is 72.0 cm³/mol. The molecule has 1 amide bonds. The number of methoxy groups -OCH3 is 1. The molecule has 0 spiro atoms. The summed E-state index contributed by atoms with van der Waals surface area (Å²) in [5.41, 5.74) is 0.593. The van der Waals surface area contributed by atoms with Crippen molar-refractivity contribution >= 4 is 28.5 Å². The van der Waals surface area contributed by atoms with E-state index < -0.39 is 5.82 Å². The van der Waals surface area contributed by atoms with Crippen LogP contribution in [0.3, 0.4) is 0 Å². The van der Waals surface area contributed by atoms with Gasteiger partial charge in [0.2, 0.25) is 5.91 Å². The van der Waals surface area contributed by atoms with Gasteiger partial charge in [-0.1, -0.05) is 11.8 Å². The maximum Gasteiger partial charge on any atom is 0.228 e.